The summed E-state index contributed by atoms with van der Waals surface area (Å²) in [4.78, 5) is 15.7. The number of nitrogens with zero attached hydrogens (tertiary/aromatic N) is 1. The highest BCUT2D eigenvalue weighted by molar-refractivity contribution is 5.76. The van der Waals surface area contributed by atoms with Gasteiger partial charge in [0, 0.05) is 18.8 Å². The van der Waals surface area contributed by atoms with Gasteiger partial charge in [0.05, 0.1) is 0 Å². The average molecular weight is 326 g/mol. The third-order valence-electron chi connectivity index (χ3n) is 3.20. The Balaban J connectivity index is 2.03. The molecule has 0 radical (unpaired) electrons. The van der Waals surface area contributed by atoms with E-state index in [2.05, 4.69) is 4.98 Å². The number of hydrogen-bond acceptors (Lipinski definition) is 2. The Kier molecular flexibility index (Phi) is 5.31. The summed E-state index contributed by atoms with van der Waals surface area (Å²) in [5, 5.41) is 1.96. The fourth-order valence-electron chi connectivity index (χ4n) is 2.05. The van der Waals surface area contributed by atoms with Crippen molar-refractivity contribution in [3.05, 3.63) is 65.7 Å². The van der Waals surface area contributed by atoms with E-state index in [-0.39, 0.29) is 18.4 Å². The molecule has 0 aliphatic rings. The van der Waals surface area contributed by atoms with Crippen molar-refractivity contribution in [1.82, 2.24) is 10.3 Å². The number of halogens is 4. The largest absolute Gasteiger partial charge is 0.412 e. The summed E-state index contributed by atoms with van der Waals surface area (Å²) in [5.41, 5.74) is 0.543. The monoisotopic (exact) mass is 326 g/mol. The summed E-state index contributed by atoms with van der Waals surface area (Å²) < 4.78 is 52.2. The predicted molar refractivity (Wildman–Crippen MR) is 75.9 cm³/mol. The van der Waals surface area contributed by atoms with Gasteiger partial charge >= 0.3 is 6.18 Å². The van der Waals surface area contributed by atoms with Crippen LogP contribution in [-0.2, 0) is 11.2 Å². The number of rotatable bonds is 5. The Hall–Kier alpha value is -2.44. The van der Waals surface area contributed by atoms with E-state index in [1.807, 2.05) is 5.32 Å². The minimum Gasteiger partial charge on any atom is -0.341 e. The third kappa shape index (κ3) is 5.05. The average Bonchev–Trinajstić information content (AvgIpc) is 2.52. The van der Waals surface area contributed by atoms with E-state index < -0.39 is 23.9 Å². The van der Waals surface area contributed by atoms with Crippen LogP contribution in [0.15, 0.2) is 48.8 Å². The molecule has 7 heteroatoms. The smallest absolute Gasteiger partial charge is 0.341 e. The van der Waals surface area contributed by atoms with Gasteiger partial charge in [-0.2, -0.15) is 13.2 Å². The third-order valence-corrected chi connectivity index (χ3v) is 3.20. The molecular formula is C16H14F4N2O. The van der Waals surface area contributed by atoms with Crippen LogP contribution >= 0.6 is 0 Å². The van der Waals surface area contributed by atoms with Crippen molar-refractivity contribution in [2.75, 3.05) is 0 Å². The van der Waals surface area contributed by atoms with Crippen LogP contribution in [0.3, 0.4) is 0 Å². The molecule has 122 valence electrons. The Morgan fingerprint density at radius 1 is 1.17 bits per heavy atom. The molecule has 0 saturated carbocycles. The van der Waals surface area contributed by atoms with E-state index in [0.717, 1.165) is 29.8 Å². The van der Waals surface area contributed by atoms with Gasteiger partial charge in [0.2, 0.25) is 5.91 Å². The summed E-state index contributed by atoms with van der Waals surface area (Å²) in [6.45, 7) is 0. The van der Waals surface area contributed by atoms with Crippen LogP contribution < -0.4 is 5.32 Å². The van der Waals surface area contributed by atoms with Crippen LogP contribution in [0.2, 0.25) is 0 Å². The van der Waals surface area contributed by atoms with Crippen LogP contribution in [-0.4, -0.2) is 17.1 Å². The topological polar surface area (TPSA) is 42.0 Å². The Morgan fingerprint density at radius 2 is 1.87 bits per heavy atom. The minimum absolute atomic E-state index is 0.0977. The molecule has 1 amide bonds. The lowest BCUT2D eigenvalue weighted by atomic mass is 10.1. The molecule has 0 aliphatic heterocycles. The molecule has 3 nitrogen and oxygen atoms in total. The number of nitrogens with one attached hydrogen (secondary N) is 1. The first-order valence-electron chi connectivity index (χ1n) is 6.86. The molecule has 1 aromatic heterocycles. The molecule has 0 aliphatic carbocycles. The highest BCUT2D eigenvalue weighted by Gasteiger charge is 2.41. The number of alkyl halides is 3. The molecule has 2 aromatic rings. The molecule has 1 N–H and O–H groups in total. The van der Waals surface area contributed by atoms with Crippen molar-refractivity contribution in [1.29, 1.82) is 0 Å². The summed E-state index contributed by atoms with van der Waals surface area (Å²) in [6, 6.07) is 5.13. The number of aryl methyl sites for hydroxylation is 1. The lowest BCUT2D eigenvalue weighted by Gasteiger charge is -2.22. The zero-order valence-corrected chi connectivity index (χ0v) is 12.0. The first-order valence-corrected chi connectivity index (χ1v) is 6.86. The van der Waals surface area contributed by atoms with Crippen LogP contribution in [0.4, 0.5) is 17.6 Å². The zero-order chi connectivity index (χ0) is 16.9. The number of aromatic nitrogens is 1. The number of benzene rings is 1. The number of amides is 1. The highest BCUT2D eigenvalue weighted by Crippen LogP contribution is 2.32. The maximum Gasteiger partial charge on any atom is 0.412 e. The fraction of sp³-hybridized carbons (Fsp3) is 0.250. The van der Waals surface area contributed by atoms with Crippen LogP contribution in [0, 0.1) is 5.82 Å². The van der Waals surface area contributed by atoms with Crippen molar-refractivity contribution in [3.8, 4) is 0 Å². The molecule has 1 heterocycles. The lowest BCUT2D eigenvalue weighted by molar-refractivity contribution is -0.163. The minimum atomic E-state index is -4.66. The second-order valence-corrected chi connectivity index (χ2v) is 4.95. The predicted octanol–water partition coefficient (Wildman–Crippen LogP) is 3.57. The summed E-state index contributed by atoms with van der Waals surface area (Å²) in [5.74, 6) is -1.38. The van der Waals surface area contributed by atoms with Gasteiger partial charge in [0.15, 0.2) is 6.04 Å². The van der Waals surface area contributed by atoms with Crippen LogP contribution in [0.5, 0.6) is 0 Å². The summed E-state index contributed by atoms with van der Waals surface area (Å²) in [6.07, 6.45) is -1.36. The van der Waals surface area contributed by atoms with Gasteiger partial charge in [-0.1, -0.05) is 18.2 Å². The second kappa shape index (κ2) is 7.21. The van der Waals surface area contributed by atoms with Crippen molar-refractivity contribution in [2.45, 2.75) is 25.1 Å². The lowest BCUT2D eigenvalue weighted by Crippen LogP contribution is -2.38. The van der Waals surface area contributed by atoms with Gasteiger partial charge in [-0.05, 0) is 35.7 Å². The molecule has 0 bridgehead atoms. The maximum atomic E-state index is 13.1. The number of carbonyl (C=O) groups is 1. The fourth-order valence-corrected chi connectivity index (χ4v) is 2.05. The Labute approximate surface area is 130 Å². The van der Waals surface area contributed by atoms with Gasteiger partial charge in [-0.15, -0.1) is 0 Å². The van der Waals surface area contributed by atoms with E-state index in [1.165, 1.54) is 0 Å². The van der Waals surface area contributed by atoms with Gasteiger partial charge in [-0.3, -0.25) is 9.78 Å². The van der Waals surface area contributed by atoms with Crippen LogP contribution in [0.25, 0.3) is 0 Å². The normalized spacial score (nSPS) is 12.7. The van der Waals surface area contributed by atoms with Gasteiger partial charge in [-0.25, -0.2) is 4.39 Å². The first kappa shape index (κ1) is 16.9. The first-order chi connectivity index (χ1) is 10.9. The van der Waals surface area contributed by atoms with Gasteiger partial charge in [0.1, 0.15) is 5.82 Å². The molecule has 0 saturated heterocycles. The summed E-state index contributed by atoms with van der Waals surface area (Å²) >= 11 is 0. The van der Waals surface area contributed by atoms with Gasteiger partial charge in [0.25, 0.3) is 0 Å². The van der Waals surface area contributed by atoms with E-state index in [1.54, 1.807) is 24.5 Å². The molecule has 2 rings (SSSR count). The van der Waals surface area contributed by atoms with Crippen LogP contribution in [0.1, 0.15) is 23.6 Å². The standard InChI is InChI=1S/C16H14F4N2O/c17-13-6-4-12(5-7-13)15(16(18,19)20)22-14(23)8-3-11-2-1-9-21-10-11/h1-2,4-7,9-10,15H,3,8H2,(H,22,23). The van der Waals surface area contributed by atoms with E-state index in [9.17, 15) is 22.4 Å². The van der Waals surface area contributed by atoms with Crippen molar-refractivity contribution in [3.63, 3.8) is 0 Å². The highest BCUT2D eigenvalue weighted by atomic mass is 19.4. The van der Waals surface area contributed by atoms with Crippen molar-refractivity contribution < 1.29 is 22.4 Å². The number of carbonyl (C=O) groups excluding carboxylic acids is 1. The van der Waals surface area contributed by atoms with Gasteiger partial charge < -0.3 is 5.32 Å². The number of pyridine rings is 1. The molecule has 1 aromatic carbocycles. The van der Waals surface area contributed by atoms with Crippen molar-refractivity contribution >= 4 is 5.91 Å². The molecule has 23 heavy (non-hydrogen) atoms. The summed E-state index contributed by atoms with van der Waals surface area (Å²) in [7, 11) is 0. The Morgan fingerprint density at radius 3 is 2.43 bits per heavy atom. The Bertz CT molecular complexity index is 641. The molecular weight excluding hydrogens is 312 g/mol. The molecule has 0 fully saturated rings. The second-order valence-electron chi connectivity index (χ2n) is 4.95. The molecule has 1 unspecified atom stereocenters. The molecule has 0 spiro atoms. The maximum absolute atomic E-state index is 13.1. The zero-order valence-electron chi connectivity index (χ0n) is 12.0. The van der Waals surface area contributed by atoms with Crippen molar-refractivity contribution in [2.24, 2.45) is 0 Å². The number of hydrogen-bond donors (Lipinski definition) is 1. The van der Waals surface area contributed by atoms with E-state index in [4.69, 9.17) is 0 Å². The SMILES string of the molecule is O=C(CCc1cccnc1)NC(c1ccc(F)cc1)C(F)(F)F. The quantitative estimate of drug-likeness (QED) is 0.854. The van der Waals surface area contributed by atoms with E-state index >= 15 is 0 Å². The van der Waals surface area contributed by atoms with E-state index in [0.29, 0.717) is 0 Å². The molecule has 1 atom stereocenters.